The zero-order valence-electron chi connectivity index (χ0n) is 15.9. The summed E-state index contributed by atoms with van der Waals surface area (Å²) in [5.41, 5.74) is 6.97. The fourth-order valence-electron chi connectivity index (χ4n) is 3.60. The molecule has 0 saturated carbocycles. The van der Waals surface area contributed by atoms with Gasteiger partial charge in [-0.05, 0) is 23.8 Å². The second kappa shape index (κ2) is 6.31. The number of H-pyrrole nitrogens is 2. The van der Waals surface area contributed by atoms with Crippen molar-refractivity contribution in [3.63, 3.8) is 0 Å². The number of hydrogen-bond donors (Lipinski definition) is 2. The van der Waals surface area contributed by atoms with Crippen molar-refractivity contribution in [2.45, 2.75) is 0 Å². The number of nitrogens with one attached hydrogen (secondary N) is 2. The molecule has 6 heterocycles. The van der Waals surface area contributed by atoms with Crippen molar-refractivity contribution in [3.05, 3.63) is 61.6 Å². The number of fused-ring (bicyclic) bond motifs is 2. The monoisotopic (exact) mass is 393 g/mol. The molecule has 0 spiro atoms. The Hall–Kier alpha value is -4.40. The normalized spacial score (nSPS) is 11.5. The number of aromatic nitrogens is 9. The van der Waals surface area contributed by atoms with Crippen LogP contribution in [0, 0.1) is 0 Å². The van der Waals surface area contributed by atoms with E-state index >= 15 is 0 Å². The predicted octanol–water partition coefficient (Wildman–Crippen LogP) is 3.36. The van der Waals surface area contributed by atoms with E-state index in [4.69, 9.17) is 4.98 Å². The quantitative estimate of drug-likeness (QED) is 0.477. The summed E-state index contributed by atoms with van der Waals surface area (Å²) in [5.74, 6) is 0.669. The maximum atomic E-state index is 4.85. The molecule has 30 heavy (non-hydrogen) atoms. The van der Waals surface area contributed by atoms with Gasteiger partial charge in [0.1, 0.15) is 5.69 Å². The molecule has 0 fully saturated rings. The molecule has 0 aliphatic carbocycles. The highest BCUT2D eigenvalue weighted by atomic mass is 15.2. The third-order valence-electron chi connectivity index (χ3n) is 5.06. The summed E-state index contributed by atoms with van der Waals surface area (Å²) < 4.78 is 1.75. The molecule has 0 unspecified atom stereocenters. The summed E-state index contributed by atoms with van der Waals surface area (Å²) in [7, 11) is 1.88. The second-order valence-corrected chi connectivity index (χ2v) is 6.99. The van der Waals surface area contributed by atoms with Crippen LogP contribution in [0.3, 0.4) is 0 Å². The van der Waals surface area contributed by atoms with E-state index in [1.165, 1.54) is 0 Å². The van der Waals surface area contributed by atoms with Gasteiger partial charge >= 0.3 is 0 Å². The lowest BCUT2D eigenvalue weighted by Crippen LogP contribution is -1.85. The van der Waals surface area contributed by atoms with E-state index in [0.717, 1.165) is 50.0 Å². The first-order valence-electron chi connectivity index (χ1n) is 9.34. The highest BCUT2D eigenvalue weighted by molar-refractivity contribution is 5.97. The molecular weight excluding hydrogens is 378 g/mol. The van der Waals surface area contributed by atoms with E-state index in [0.29, 0.717) is 5.82 Å². The summed E-state index contributed by atoms with van der Waals surface area (Å²) in [5, 5.41) is 12.7. The molecule has 6 rings (SSSR count). The molecule has 0 aliphatic rings. The van der Waals surface area contributed by atoms with Crippen LogP contribution in [0.4, 0.5) is 0 Å². The Kier molecular flexibility index (Phi) is 3.48. The first-order chi connectivity index (χ1) is 14.8. The lowest BCUT2D eigenvalue weighted by Gasteiger charge is -2.00. The number of aryl methyl sites for hydroxylation is 1. The average Bonchev–Trinajstić information content (AvgIpc) is 3.50. The molecule has 6 aromatic heterocycles. The molecule has 0 radical (unpaired) electrons. The van der Waals surface area contributed by atoms with E-state index in [-0.39, 0.29) is 0 Å². The van der Waals surface area contributed by atoms with E-state index in [2.05, 4.69) is 35.2 Å². The number of pyridine rings is 3. The standard InChI is InChI=1S/C21H15N9/c1-30-11-13(7-25-30)16-6-14-17(10-24-16)28-29-20(14)21-26-18-9-23-8-15(19(18)27-21)12-2-4-22-5-3-12/h2-11H,1H3,(H,26,27)(H,28,29). The maximum Gasteiger partial charge on any atom is 0.159 e. The minimum atomic E-state index is 0.669. The average molecular weight is 393 g/mol. The highest BCUT2D eigenvalue weighted by Gasteiger charge is 2.16. The minimum absolute atomic E-state index is 0.669. The number of imidazole rings is 1. The van der Waals surface area contributed by atoms with Crippen LogP contribution in [0.15, 0.2) is 61.6 Å². The van der Waals surface area contributed by atoms with Gasteiger partial charge in [-0.3, -0.25) is 24.7 Å². The van der Waals surface area contributed by atoms with Crippen LogP contribution in [-0.2, 0) is 7.05 Å². The predicted molar refractivity (Wildman–Crippen MR) is 112 cm³/mol. The Morgan fingerprint density at radius 2 is 1.83 bits per heavy atom. The van der Waals surface area contributed by atoms with Gasteiger partial charge in [-0.1, -0.05) is 0 Å². The molecule has 0 bridgehead atoms. The zero-order valence-corrected chi connectivity index (χ0v) is 15.9. The molecule has 0 amide bonds. The Morgan fingerprint density at radius 1 is 0.933 bits per heavy atom. The summed E-state index contributed by atoms with van der Waals surface area (Å²) >= 11 is 0. The molecule has 2 N–H and O–H groups in total. The minimum Gasteiger partial charge on any atom is -0.335 e. The number of nitrogens with zero attached hydrogens (tertiary/aromatic N) is 7. The van der Waals surface area contributed by atoms with Crippen LogP contribution < -0.4 is 0 Å². The lowest BCUT2D eigenvalue weighted by molar-refractivity contribution is 0.768. The van der Waals surface area contributed by atoms with Crippen molar-refractivity contribution in [2.24, 2.45) is 7.05 Å². The van der Waals surface area contributed by atoms with Crippen molar-refractivity contribution in [1.82, 2.24) is 44.9 Å². The van der Waals surface area contributed by atoms with E-state index in [1.807, 2.05) is 37.6 Å². The van der Waals surface area contributed by atoms with Crippen LogP contribution in [0.2, 0.25) is 0 Å². The largest absolute Gasteiger partial charge is 0.335 e. The summed E-state index contributed by atoms with van der Waals surface area (Å²) in [6.07, 6.45) is 12.6. The third kappa shape index (κ3) is 2.56. The van der Waals surface area contributed by atoms with Crippen LogP contribution in [0.25, 0.3) is 55.8 Å². The fourth-order valence-corrected chi connectivity index (χ4v) is 3.60. The third-order valence-corrected chi connectivity index (χ3v) is 5.06. The summed E-state index contributed by atoms with van der Waals surface area (Å²) in [4.78, 5) is 21.2. The van der Waals surface area contributed by atoms with Gasteiger partial charge in [0.25, 0.3) is 0 Å². The molecule has 6 aromatic rings. The molecule has 9 heteroatoms. The molecule has 144 valence electrons. The van der Waals surface area contributed by atoms with Crippen molar-refractivity contribution in [3.8, 4) is 33.9 Å². The van der Waals surface area contributed by atoms with Gasteiger partial charge in [0.2, 0.25) is 0 Å². The fraction of sp³-hybridized carbons (Fsp3) is 0.0476. The van der Waals surface area contributed by atoms with Crippen molar-refractivity contribution in [1.29, 1.82) is 0 Å². The van der Waals surface area contributed by atoms with Crippen molar-refractivity contribution in [2.75, 3.05) is 0 Å². The van der Waals surface area contributed by atoms with Crippen LogP contribution in [0.5, 0.6) is 0 Å². The molecule has 0 saturated heterocycles. The van der Waals surface area contributed by atoms with Gasteiger partial charge in [0.15, 0.2) is 5.82 Å². The van der Waals surface area contributed by atoms with E-state index in [1.54, 1.807) is 35.7 Å². The van der Waals surface area contributed by atoms with Crippen LogP contribution in [-0.4, -0.2) is 44.9 Å². The Labute approximate surface area is 169 Å². The Bertz CT molecular complexity index is 1510. The van der Waals surface area contributed by atoms with Gasteiger partial charge in [0, 0.05) is 48.3 Å². The van der Waals surface area contributed by atoms with E-state index < -0.39 is 0 Å². The molecule has 0 atom stereocenters. The number of aromatic amines is 2. The second-order valence-electron chi connectivity index (χ2n) is 6.99. The summed E-state index contributed by atoms with van der Waals surface area (Å²) in [6, 6.07) is 5.89. The smallest absolute Gasteiger partial charge is 0.159 e. The van der Waals surface area contributed by atoms with Crippen LogP contribution in [0.1, 0.15) is 0 Å². The highest BCUT2D eigenvalue weighted by Crippen LogP contribution is 2.31. The Morgan fingerprint density at radius 3 is 2.67 bits per heavy atom. The van der Waals surface area contributed by atoms with Crippen molar-refractivity contribution < 1.29 is 0 Å². The number of rotatable bonds is 3. The first-order valence-corrected chi connectivity index (χ1v) is 9.34. The van der Waals surface area contributed by atoms with Gasteiger partial charge in [0.05, 0.1) is 40.8 Å². The van der Waals surface area contributed by atoms with Gasteiger partial charge in [-0.15, -0.1) is 0 Å². The SMILES string of the molecule is Cn1cc(-c2cc3c(-c4nc5c(-c6ccncc6)cncc5[nH]4)n[nH]c3cn2)cn1. The van der Waals surface area contributed by atoms with Gasteiger partial charge in [-0.25, -0.2) is 4.98 Å². The molecule has 0 aliphatic heterocycles. The van der Waals surface area contributed by atoms with Crippen molar-refractivity contribution >= 4 is 21.9 Å². The van der Waals surface area contributed by atoms with E-state index in [9.17, 15) is 0 Å². The van der Waals surface area contributed by atoms with Crippen LogP contribution >= 0.6 is 0 Å². The Balaban J connectivity index is 1.52. The molecule has 0 aromatic carbocycles. The zero-order chi connectivity index (χ0) is 20.1. The molecule has 9 nitrogen and oxygen atoms in total. The first kappa shape index (κ1) is 16.5. The lowest BCUT2D eigenvalue weighted by atomic mass is 10.1. The maximum absolute atomic E-state index is 4.85. The van der Waals surface area contributed by atoms with Gasteiger partial charge < -0.3 is 4.98 Å². The summed E-state index contributed by atoms with van der Waals surface area (Å²) in [6.45, 7) is 0. The number of hydrogen-bond acceptors (Lipinski definition) is 6. The van der Waals surface area contributed by atoms with Gasteiger partial charge in [-0.2, -0.15) is 10.2 Å². The molecular formula is C21H15N9. The topological polar surface area (TPSA) is 114 Å².